The molecule has 38 heavy (non-hydrogen) atoms. The van der Waals surface area contributed by atoms with Gasteiger partial charge in [0.1, 0.15) is 5.75 Å². The number of thiazole rings is 1. The molecule has 1 N–H and O–H groups in total. The maximum atomic E-state index is 13.9. The number of aromatic nitrogens is 1. The van der Waals surface area contributed by atoms with Crippen LogP contribution in [0.4, 0.5) is 5.69 Å². The molecule has 2 bridgehead atoms. The first kappa shape index (κ1) is 23.8. The molecule has 7 atom stereocenters. The van der Waals surface area contributed by atoms with Crippen molar-refractivity contribution in [1.82, 2.24) is 4.98 Å². The highest BCUT2D eigenvalue weighted by Crippen LogP contribution is 2.68. The summed E-state index contributed by atoms with van der Waals surface area (Å²) in [6, 6.07) is 13.0. The smallest absolute Gasteiger partial charge is 0.305 e. The van der Waals surface area contributed by atoms with Gasteiger partial charge in [-0.2, -0.15) is 0 Å². The number of methoxy groups -OCH3 is 3. The van der Waals surface area contributed by atoms with Gasteiger partial charge in [-0.05, 0) is 66.1 Å². The molecule has 0 spiro atoms. The van der Waals surface area contributed by atoms with E-state index >= 15 is 0 Å². The number of carbonyl (C=O) groups excluding carboxylic acids is 2. The standard InChI is InChI=1S/C28H26N2O6S2/c1-34-14-7-5-13(6-8-14)30-26(31)21-15-11-16(22(21)27(30)32)23-20(15)19(24-25(37-23)29-28(33)38-24)12-4-9-17(35-2)18(10-12)36-3/h4-10,15-16,19-23H,11H2,1-3H3,(H,29,33). The Balaban J connectivity index is 1.31. The first-order valence-electron chi connectivity index (χ1n) is 12.6. The Morgan fingerprint density at radius 1 is 0.868 bits per heavy atom. The fourth-order valence-corrected chi connectivity index (χ4v) is 10.3. The van der Waals surface area contributed by atoms with E-state index in [0.29, 0.717) is 22.9 Å². The second-order valence-electron chi connectivity index (χ2n) is 10.3. The molecule has 10 heteroatoms. The number of thioether (sulfide) groups is 1. The number of amides is 2. The van der Waals surface area contributed by atoms with Crippen LogP contribution in [0.3, 0.4) is 0 Å². The Morgan fingerprint density at radius 2 is 1.58 bits per heavy atom. The van der Waals surface area contributed by atoms with Gasteiger partial charge in [0.2, 0.25) is 11.8 Å². The molecule has 0 radical (unpaired) electrons. The summed E-state index contributed by atoms with van der Waals surface area (Å²) in [7, 11) is 4.80. The van der Waals surface area contributed by atoms with Crippen molar-refractivity contribution in [3.8, 4) is 17.2 Å². The van der Waals surface area contributed by atoms with Crippen LogP contribution in [0.25, 0.3) is 0 Å². The van der Waals surface area contributed by atoms with Gasteiger partial charge in [-0.15, -0.1) is 11.8 Å². The van der Waals surface area contributed by atoms with Gasteiger partial charge in [-0.1, -0.05) is 17.4 Å². The number of anilines is 1. The predicted molar refractivity (Wildman–Crippen MR) is 144 cm³/mol. The maximum Gasteiger partial charge on any atom is 0.305 e. The molecule has 196 valence electrons. The number of aromatic amines is 1. The molecule has 1 saturated heterocycles. The van der Waals surface area contributed by atoms with Crippen molar-refractivity contribution in [2.45, 2.75) is 22.6 Å². The van der Waals surface area contributed by atoms with E-state index in [1.54, 1.807) is 57.4 Å². The average Bonchev–Trinajstić information content (AvgIpc) is 3.67. The third-order valence-electron chi connectivity index (χ3n) is 8.82. The number of ether oxygens (including phenoxy) is 3. The Morgan fingerprint density at radius 3 is 2.26 bits per heavy atom. The zero-order valence-corrected chi connectivity index (χ0v) is 22.6. The average molecular weight is 551 g/mol. The van der Waals surface area contributed by atoms with E-state index < -0.39 is 0 Å². The zero-order chi connectivity index (χ0) is 26.3. The molecule has 8 nitrogen and oxygen atoms in total. The summed E-state index contributed by atoms with van der Waals surface area (Å²) < 4.78 is 16.3. The molecule has 2 aromatic carbocycles. The fourth-order valence-electron chi connectivity index (χ4n) is 7.42. The molecule has 1 aromatic heterocycles. The van der Waals surface area contributed by atoms with Crippen molar-refractivity contribution in [3.63, 3.8) is 0 Å². The number of nitrogens with one attached hydrogen (secondary N) is 1. The largest absolute Gasteiger partial charge is 0.497 e. The monoisotopic (exact) mass is 550 g/mol. The van der Waals surface area contributed by atoms with Crippen LogP contribution in [0, 0.1) is 29.6 Å². The summed E-state index contributed by atoms with van der Waals surface area (Å²) in [6.45, 7) is 0. The number of fused-ring (bicyclic) bond motifs is 9. The number of carbonyl (C=O) groups is 2. The topological polar surface area (TPSA) is 97.9 Å². The molecule has 3 aromatic rings. The quantitative estimate of drug-likeness (QED) is 0.477. The normalized spacial score (nSPS) is 30.7. The van der Waals surface area contributed by atoms with Crippen molar-refractivity contribution in [1.29, 1.82) is 0 Å². The number of rotatable bonds is 5. The second-order valence-corrected chi connectivity index (χ2v) is 12.5. The summed E-state index contributed by atoms with van der Waals surface area (Å²) in [4.78, 5) is 45.4. The summed E-state index contributed by atoms with van der Waals surface area (Å²) in [6.07, 6.45) is 0.842. The van der Waals surface area contributed by atoms with E-state index in [1.165, 1.54) is 16.2 Å². The van der Waals surface area contributed by atoms with Gasteiger partial charge in [0.05, 0.1) is 43.9 Å². The molecule has 4 aliphatic rings. The van der Waals surface area contributed by atoms with Crippen molar-refractivity contribution in [2.24, 2.45) is 29.6 Å². The number of hydrogen-bond acceptors (Lipinski definition) is 8. The lowest BCUT2D eigenvalue weighted by Gasteiger charge is -2.43. The Labute approximate surface area is 227 Å². The lowest BCUT2D eigenvalue weighted by atomic mass is 9.68. The van der Waals surface area contributed by atoms with Gasteiger partial charge in [-0.25, -0.2) is 0 Å². The minimum absolute atomic E-state index is 0.0469. The summed E-state index contributed by atoms with van der Waals surface area (Å²) >= 11 is 2.92. The third kappa shape index (κ3) is 3.19. The summed E-state index contributed by atoms with van der Waals surface area (Å²) in [5.41, 5.74) is 1.62. The van der Waals surface area contributed by atoms with Gasteiger partial charge in [-0.3, -0.25) is 19.3 Å². The molecule has 2 aliphatic heterocycles. The van der Waals surface area contributed by atoms with Crippen molar-refractivity contribution >= 4 is 40.6 Å². The van der Waals surface area contributed by atoms with E-state index in [-0.39, 0.29) is 57.4 Å². The van der Waals surface area contributed by atoms with Gasteiger partial charge < -0.3 is 19.2 Å². The Bertz CT molecular complexity index is 1510. The SMILES string of the molecule is COc1ccc(N2C(=O)C3C4CC(C3C2=O)C2C(c3ccc(OC)c(OC)c3)c3sc(=O)[nH]c3SC42)cc1. The minimum Gasteiger partial charge on any atom is -0.497 e. The van der Waals surface area contributed by atoms with Gasteiger partial charge >= 0.3 is 4.87 Å². The highest BCUT2D eigenvalue weighted by atomic mass is 32.2. The van der Waals surface area contributed by atoms with Crippen molar-refractivity contribution in [2.75, 3.05) is 26.2 Å². The lowest BCUT2D eigenvalue weighted by Crippen LogP contribution is -2.42. The van der Waals surface area contributed by atoms with Crippen LogP contribution < -0.4 is 24.0 Å². The number of hydrogen-bond donors (Lipinski definition) is 1. The van der Waals surface area contributed by atoms with Crippen LogP contribution in [0.1, 0.15) is 22.8 Å². The predicted octanol–water partition coefficient (Wildman–Crippen LogP) is 4.14. The third-order valence-corrected chi connectivity index (χ3v) is 11.4. The molecule has 2 amide bonds. The van der Waals surface area contributed by atoms with Crippen LogP contribution in [0.5, 0.6) is 17.2 Å². The molecule has 2 saturated carbocycles. The van der Waals surface area contributed by atoms with Crippen molar-refractivity contribution in [3.05, 3.63) is 62.6 Å². The molecule has 3 heterocycles. The molecule has 2 aliphatic carbocycles. The van der Waals surface area contributed by atoms with Crippen LogP contribution in [-0.4, -0.2) is 43.4 Å². The number of benzene rings is 2. The highest BCUT2D eigenvalue weighted by Gasteiger charge is 2.69. The number of nitrogens with zero attached hydrogens (tertiary/aromatic N) is 1. The number of H-pyrrole nitrogens is 1. The second kappa shape index (κ2) is 8.64. The van der Waals surface area contributed by atoms with Crippen LogP contribution in [-0.2, 0) is 9.59 Å². The Hall–Kier alpha value is -3.24. The first-order chi connectivity index (χ1) is 18.4. The highest BCUT2D eigenvalue weighted by molar-refractivity contribution is 8.00. The van der Waals surface area contributed by atoms with Gasteiger partial charge in [0.15, 0.2) is 11.5 Å². The van der Waals surface area contributed by atoms with Crippen molar-refractivity contribution < 1.29 is 23.8 Å². The van der Waals surface area contributed by atoms with Crippen LogP contribution in [0.15, 0.2) is 52.3 Å². The van der Waals surface area contributed by atoms with E-state index in [1.807, 2.05) is 18.2 Å². The minimum atomic E-state index is -0.351. The summed E-state index contributed by atoms with van der Waals surface area (Å²) in [5.74, 6) is 1.20. The molecular weight excluding hydrogens is 524 g/mol. The van der Waals surface area contributed by atoms with Crippen LogP contribution >= 0.6 is 23.1 Å². The van der Waals surface area contributed by atoms with Gasteiger partial charge in [0, 0.05) is 16.0 Å². The zero-order valence-electron chi connectivity index (χ0n) is 21.0. The van der Waals surface area contributed by atoms with E-state index in [9.17, 15) is 14.4 Å². The van der Waals surface area contributed by atoms with E-state index in [0.717, 1.165) is 21.9 Å². The van der Waals surface area contributed by atoms with Gasteiger partial charge in [0.25, 0.3) is 0 Å². The Kier molecular flexibility index (Phi) is 5.42. The summed E-state index contributed by atoms with van der Waals surface area (Å²) in [5, 5.41) is 1.01. The molecule has 7 rings (SSSR count). The van der Waals surface area contributed by atoms with E-state index in [2.05, 4.69) is 4.98 Å². The lowest BCUT2D eigenvalue weighted by molar-refractivity contribution is -0.123. The molecule has 7 unspecified atom stereocenters. The number of imide groups is 1. The first-order valence-corrected chi connectivity index (χ1v) is 14.3. The molecule has 3 fully saturated rings. The van der Waals surface area contributed by atoms with E-state index in [4.69, 9.17) is 14.2 Å². The van der Waals surface area contributed by atoms with Crippen LogP contribution in [0.2, 0.25) is 0 Å². The maximum absolute atomic E-state index is 13.9. The fraction of sp³-hybridized carbons (Fsp3) is 0.393. The molecular formula is C28H26N2O6S2.